The molecule has 0 saturated heterocycles. The summed E-state index contributed by atoms with van der Waals surface area (Å²) < 4.78 is 0. The third-order valence-electron chi connectivity index (χ3n) is 3.55. The van der Waals surface area contributed by atoms with Crippen LogP contribution in [0.4, 0.5) is 16.3 Å². The number of anilines is 2. The molecule has 0 fully saturated rings. The van der Waals surface area contributed by atoms with Crippen molar-refractivity contribution in [1.82, 2.24) is 4.98 Å². The summed E-state index contributed by atoms with van der Waals surface area (Å²) in [4.78, 5) is 18.2. The SMILES string of the molecule is CN(C(=O)Nc1ccccc1)c1ncccc1C#Cc1ccccc1. The van der Waals surface area contributed by atoms with Crippen LogP contribution in [0.3, 0.4) is 0 Å². The second-order valence-electron chi connectivity index (χ2n) is 5.35. The van der Waals surface area contributed by atoms with Crippen LogP contribution in [0.2, 0.25) is 0 Å². The Labute approximate surface area is 147 Å². The summed E-state index contributed by atoms with van der Waals surface area (Å²) >= 11 is 0. The van der Waals surface area contributed by atoms with Gasteiger partial charge < -0.3 is 5.32 Å². The van der Waals surface area contributed by atoms with Gasteiger partial charge in [-0.25, -0.2) is 9.78 Å². The van der Waals surface area contributed by atoms with Crippen molar-refractivity contribution in [3.63, 3.8) is 0 Å². The fraction of sp³-hybridized carbons (Fsp3) is 0.0476. The third kappa shape index (κ3) is 4.24. The van der Waals surface area contributed by atoms with Gasteiger partial charge in [0.2, 0.25) is 0 Å². The summed E-state index contributed by atoms with van der Waals surface area (Å²) in [7, 11) is 1.67. The minimum absolute atomic E-state index is 0.271. The highest BCUT2D eigenvalue weighted by molar-refractivity contribution is 6.01. The van der Waals surface area contributed by atoms with Crippen molar-refractivity contribution in [2.45, 2.75) is 0 Å². The van der Waals surface area contributed by atoms with Gasteiger partial charge in [-0.05, 0) is 36.4 Å². The van der Waals surface area contributed by atoms with Crippen LogP contribution in [0.25, 0.3) is 0 Å². The Morgan fingerprint density at radius 1 is 0.920 bits per heavy atom. The number of nitrogens with zero attached hydrogens (tertiary/aromatic N) is 2. The molecule has 0 spiro atoms. The number of aromatic nitrogens is 1. The lowest BCUT2D eigenvalue weighted by Crippen LogP contribution is -2.32. The summed E-state index contributed by atoms with van der Waals surface area (Å²) in [5, 5.41) is 2.84. The molecule has 25 heavy (non-hydrogen) atoms. The molecule has 0 aliphatic carbocycles. The fourth-order valence-electron chi connectivity index (χ4n) is 2.25. The summed E-state index contributed by atoms with van der Waals surface area (Å²) in [5.41, 5.74) is 2.33. The zero-order chi connectivity index (χ0) is 17.5. The molecule has 0 saturated carbocycles. The molecule has 4 nitrogen and oxygen atoms in total. The molecule has 0 atom stereocenters. The summed E-state index contributed by atoms with van der Waals surface area (Å²) in [6, 6.07) is 22.4. The van der Waals surface area contributed by atoms with Crippen molar-refractivity contribution in [1.29, 1.82) is 0 Å². The molecule has 0 unspecified atom stereocenters. The van der Waals surface area contributed by atoms with E-state index in [0.29, 0.717) is 11.4 Å². The highest BCUT2D eigenvalue weighted by Crippen LogP contribution is 2.16. The van der Waals surface area contributed by atoms with Gasteiger partial charge in [-0.3, -0.25) is 4.90 Å². The normalized spacial score (nSPS) is 9.64. The predicted molar refractivity (Wildman–Crippen MR) is 101 cm³/mol. The molecule has 2 amide bonds. The molecule has 3 rings (SSSR count). The lowest BCUT2D eigenvalue weighted by molar-refractivity contribution is 0.258. The van der Waals surface area contributed by atoms with Crippen molar-refractivity contribution in [2.75, 3.05) is 17.3 Å². The van der Waals surface area contributed by atoms with E-state index in [1.54, 1.807) is 19.3 Å². The van der Waals surface area contributed by atoms with Gasteiger partial charge in [0.15, 0.2) is 5.82 Å². The molecule has 1 N–H and O–H groups in total. The summed E-state index contributed by atoms with van der Waals surface area (Å²) in [6.07, 6.45) is 1.65. The van der Waals surface area contributed by atoms with Crippen LogP contribution in [0.1, 0.15) is 11.1 Å². The highest BCUT2D eigenvalue weighted by Gasteiger charge is 2.15. The average Bonchev–Trinajstić information content (AvgIpc) is 2.67. The number of hydrogen-bond acceptors (Lipinski definition) is 2. The quantitative estimate of drug-likeness (QED) is 0.719. The van der Waals surface area contributed by atoms with Gasteiger partial charge in [0.05, 0.1) is 5.56 Å². The van der Waals surface area contributed by atoms with E-state index < -0.39 is 0 Å². The Morgan fingerprint density at radius 3 is 2.32 bits per heavy atom. The van der Waals surface area contributed by atoms with Crippen molar-refractivity contribution in [3.8, 4) is 11.8 Å². The van der Waals surface area contributed by atoms with Gasteiger partial charge in [0.1, 0.15) is 0 Å². The van der Waals surface area contributed by atoms with Gasteiger partial charge in [-0.15, -0.1) is 0 Å². The number of hydrogen-bond donors (Lipinski definition) is 1. The van der Waals surface area contributed by atoms with Crippen molar-refractivity contribution in [3.05, 3.63) is 90.1 Å². The Kier molecular flexibility index (Phi) is 5.08. The maximum atomic E-state index is 12.5. The number of para-hydroxylation sites is 1. The molecule has 1 heterocycles. The van der Waals surface area contributed by atoms with Crippen molar-refractivity contribution in [2.24, 2.45) is 0 Å². The molecule has 122 valence electrons. The number of rotatable bonds is 2. The second-order valence-corrected chi connectivity index (χ2v) is 5.35. The molecule has 0 bridgehead atoms. The Bertz CT molecular complexity index is 912. The van der Waals surface area contributed by atoms with Crippen molar-refractivity contribution >= 4 is 17.5 Å². The van der Waals surface area contributed by atoms with Crippen LogP contribution in [-0.2, 0) is 0 Å². The molecule has 0 radical (unpaired) electrons. The molecular weight excluding hydrogens is 310 g/mol. The molecule has 2 aromatic carbocycles. The third-order valence-corrected chi connectivity index (χ3v) is 3.55. The summed E-state index contributed by atoms with van der Waals surface area (Å²) in [6.45, 7) is 0. The summed E-state index contributed by atoms with van der Waals surface area (Å²) in [5.74, 6) is 6.70. The largest absolute Gasteiger partial charge is 0.327 e. The Balaban J connectivity index is 1.83. The number of benzene rings is 2. The molecule has 1 aromatic heterocycles. The van der Waals surface area contributed by atoms with Crippen LogP contribution < -0.4 is 10.2 Å². The molecule has 4 heteroatoms. The lowest BCUT2D eigenvalue weighted by atomic mass is 10.2. The van der Waals surface area contributed by atoms with Gasteiger partial charge in [0, 0.05) is 24.5 Å². The van der Waals surface area contributed by atoms with Crippen LogP contribution in [0.15, 0.2) is 79.0 Å². The van der Waals surface area contributed by atoms with Crippen LogP contribution in [-0.4, -0.2) is 18.1 Å². The first kappa shape index (κ1) is 16.3. The average molecular weight is 327 g/mol. The molecular formula is C21H17N3O. The second kappa shape index (κ2) is 7.80. The molecule has 0 aliphatic rings. The van der Waals surface area contributed by atoms with Gasteiger partial charge in [0.25, 0.3) is 0 Å². The topological polar surface area (TPSA) is 45.2 Å². The highest BCUT2D eigenvalue weighted by atomic mass is 16.2. The maximum Gasteiger partial charge on any atom is 0.327 e. The van der Waals surface area contributed by atoms with E-state index in [4.69, 9.17) is 0 Å². The van der Waals surface area contributed by atoms with Crippen LogP contribution >= 0.6 is 0 Å². The first-order chi connectivity index (χ1) is 12.2. The fourth-order valence-corrected chi connectivity index (χ4v) is 2.25. The van der Waals surface area contributed by atoms with E-state index in [1.165, 1.54) is 4.90 Å². The number of pyridine rings is 1. The lowest BCUT2D eigenvalue weighted by Gasteiger charge is -2.18. The Hall–Kier alpha value is -3.58. The van der Waals surface area contributed by atoms with Gasteiger partial charge >= 0.3 is 6.03 Å². The predicted octanol–water partition coefficient (Wildman–Crippen LogP) is 4.15. The molecule has 0 aliphatic heterocycles. The van der Waals surface area contributed by atoms with E-state index in [2.05, 4.69) is 22.1 Å². The van der Waals surface area contributed by atoms with E-state index in [-0.39, 0.29) is 6.03 Å². The maximum absolute atomic E-state index is 12.5. The van der Waals surface area contributed by atoms with E-state index >= 15 is 0 Å². The van der Waals surface area contributed by atoms with Gasteiger partial charge in [-0.2, -0.15) is 0 Å². The van der Waals surface area contributed by atoms with Crippen LogP contribution in [0.5, 0.6) is 0 Å². The Morgan fingerprint density at radius 2 is 1.60 bits per heavy atom. The number of amides is 2. The van der Waals surface area contributed by atoms with Crippen molar-refractivity contribution < 1.29 is 4.79 Å². The minimum atomic E-state index is -0.271. The van der Waals surface area contributed by atoms with Crippen LogP contribution in [0, 0.1) is 11.8 Å². The van der Waals surface area contributed by atoms with E-state index in [9.17, 15) is 4.79 Å². The van der Waals surface area contributed by atoms with Gasteiger partial charge in [-0.1, -0.05) is 48.2 Å². The minimum Gasteiger partial charge on any atom is -0.308 e. The first-order valence-electron chi connectivity index (χ1n) is 7.86. The number of urea groups is 1. The monoisotopic (exact) mass is 327 g/mol. The zero-order valence-corrected chi connectivity index (χ0v) is 13.8. The number of carbonyl (C=O) groups is 1. The number of nitrogens with one attached hydrogen (secondary N) is 1. The smallest absolute Gasteiger partial charge is 0.308 e. The standard InChI is InChI=1S/C21H17N3O/c1-24(21(25)23-19-12-6-3-7-13-19)20-18(11-8-16-22-20)15-14-17-9-4-2-5-10-17/h2-13,16H,1H3,(H,23,25). The zero-order valence-electron chi connectivity index (χ0n) is 13.8. The van der Waals surface area contributed by atoms with E-state index in [0.717, 1.165) is 11.3 Å². The molecule has 3 aromatic rings. The number of carbonyl (C=O) groups excluding carboxylic acids is 1. The first-order valence-corrected chi connectivity index (χ1v) is 7.86. The van der Waals surface area contributed by atoms with E-state index in [1.807, 2.05) is 66.7 Å².